The molecule has 2 rings (SSSR count). The summed E-state index contributed by atoms with van der Waals surface area (Å²) in [5.74, 6) is 0. The molecule has 0 amide bonds. The molecular weight excluding hydrogens is 264 g/mol. The van der Waals surface area contributed by atoms with E-state index in [-0.39, 0.29) is 5.38 Å². The summed E-state index contributed by atoms with van der Waals surface area (Å²) in [5, 5.41) is -0.0699. The van der Waals surface area contributed by atoms with E-state index in [0.29, 0.717) is 0 Å². The van der Waals surface area contributed by atoms with E-state index in [1.807, 2.05) is 0 Å². The van der Waals surface area contributed by atoms with Gasteiger partial charge in [-0.2, -0.15) is 0 Å². The monoisotopic (exact) mass is 286 g/mol. The Labute approximate surface area is 127 Å². The Bertz CT molecular complexity index is 582. The van der Waals surface area contributed by atoms with Crippen LogP contribution in [0.1, 0.15) is 51.2 Å². The Morgan fingerprint density at radius 1 is 0.900 bits per heavy atom. The van der Waals surface area contributed by atoms with Crippen LogP contribution in [0.5, 0.6) is 0 Å². The van der Waals surface area contributed by atoms with Crippen LogP contribution < -0.4 is 0 Å². The zero-order chi connectivity index (χ0) is 14.9. The molecule has 1 heteroatoms. The zero-order valence-corrected chi connectivity index (χ0v) is 13.8. The van der Waals surface area contributed by atoms with Crippen molar-refractivity contribution in [1.82, 2.24) is 0 Å². The molecule has 0 saturated heterocycles. The van der Waals surface area contributed by atoms with E-state index in [1.54, 1.807) is 0 Å². The average molecular weight is 287 g/mol. The van der Waals surface area contributed by atoms with E-state index < -0.39 is 0 Å². The van der Waals surface area contributed by atoms with Crippen molar-refractivity contribution in [2.45, 2.75) is 46.4 Å². The largest absolute Gasteiger partial charge is 0.113 e. The Morgan fingerprint density at radius 2 is 1.40 bits per heavy atom. The van der Waals surface area contributed by atoms with E-state index in [2.05, 4.69) is 65.0 Å². The molecule has 0 saturated carbocycles. The molecular formula is C19H23Cl. The van der Waals surface area contributed by atoms with Gasteiger partial charge in [0, 0.05) is 0 Å². The highest BCUT2D eigenvalue weighted by atomic mass is 35.5. The van der Waals surface area contributed by atoms with Crippen molar-refractivity contribution in [3.63, 3.8) is 0 Å². The second-order valence-electron chi connectivity index (χ2n) is 5.63. The lowest BCUT2D eigenvalue weighted by Crippen LogP contribution is -2.03. The summed E-state index contributed by atoms with van der Waals surface area (Å²) >= 11 is 6.78. The standard InChI is InChI=1S/C19H23Cl/c1-6-16-7-9-17(10-8-16)19(20)18-14(4)12(2)11-13(3)15(18)5/h7-11,19H,6H2,1-5H3. The van der Waals surface area contributed by atoms with Crippen molar-refractivity contribution in [2.24, 2.45) is 0 Å². The molecule has 0 bridgehead atoms. The molecule has 2 aromatic carbocycles. The second-order valence-corrected chi connectivity index (χ2v) is 6.07. The van der Waals surface area contributed by atoms with Crippen LogP contribution in [0.25, 0.3) is 0 Å². The smallest absolute Gasteiger partial charge is 0.0840 e. The first-order valence-electron chi connectivity index (χ1n) is 7.25. The van der Waals surface area contributed by atoms with Crippen LogP contribution >= 0.6 is 11.6 Å². The minimum Gasteiger partial charge on any atom is -0.113 e. The van der Waals surface area contributed by atoms with Gasteiger partial charge >= 0.3 is 0 Å². The first-order chi connectivity index (χ1) is 9.45. The van der Waals surface area contributed by atoms with Crippen molar-refractivity contribution in [1.29, 1.82) is 0 Å². The van der Waals surface area contributed by atoms with Gasteiger partial charge in [-0.15, -0.1) is 11.6 Å². The first-order valence-corrected chi connectivity index (χ1v) is 7.69. The molecule has 20 heavy (non-hydrogen) atoms. The Balaban J connectivity index is 2.49. The van der Waals surface area contributed by atoms with Crippen LogP contribution in [-0.4, -0.2) is 0 Å². The lowest BCUT2D eigenvalue weighted by molar-refractivity contribution is 1.04. The van der Waals surface area contributed by atoms with Gasteiger partial charge in [-0.25, -0.2) is 0 Å². The number of rotatable bonds is 3. The highest BCUT2D eigenvalue weighted by Crippen LogP contribution is 2.36. The fourth-order valence-electron chi connectivity index (χ4n) is 2.72. The number of hydrogen-bond donors (Lipinski definition) is 0. The van der Waals surface area contributed by atoms with Gasteiger partial charge in [-0.05, 0) is 73.1 Å². The Kier molecular flexibility index (Phi) is 4.55. The van der Waals surface area contributed by atoms with Gasteiger partial charge in [0.25, 0.3) is 0 Å². The van der Waals surface area contributed by atoms with E-state index in [0.717, 1.165) is 6.42 Å². The van der Waals surface area contributed by atoms with Crippen molar-refractivity contribution < 1.29 is 0 Å². The minimum atomic E-state index is -0.0699. The summed E-state index contributed by atoms with van der Waals surface area (Å²) in [5.41, 5.74) is 9.07. The van der Waals surface area contributed by atoms with Gasteiger partial charge in [0.15, 0.2) is 0 Å². The van der Waals surface area contributed by atoms with E-state index in [9.17, 15) is 0 Å². The van der Waals surface area contributed by atoms with Crippen LogP contribution in [-0.2, 0) is 6.42 Å². The van der Waals surface area contributed by atoms with Gasteiger partial charge in [-0.3, -0.25) is 0 Å². The molecule has 0 nitrogen and oxygen atoms in total. The van der Waals surface area contributed by atoms with Gasteiger partial charge in [0.1, 0.15) is 0 Å². The summed E-state index contributed by atoms with van der Waals surface area (Å²) in [6.45, 7) is 10.8. The number of alkyl halides is 1. The van der Waals surface area contributed by atoms with Crippen LogP contribution in [0.3, 0.4) is 0 Å². The van der Waals surface area contributed by atoms with E-state index >= 15 is 0 Å². The molecule has 0 radical (unpaired) electrons. The molecule has 0 spiro atoms. The summed E-state index contributed by atoms with van der Waals surface area (Å²) in [4.78, 5) is 0. The van der Waals surface area contributed by atoms with Crippen molar-refractivity contribution in [3.8, 4) is 0 Å². The van der Waals surface area contributed by atoms with E-state index in [1.165, 1.54) is 38.9 Å². The molecule has 0 aliphatic heterocycles. The molecule has 0 heterocycles. The lowest BCUT2D eigenvalue weighted by atomic mass is 9.89. The third kappa shape index (κ3) is 2.76. The van der Waals surface area contributed by atoms with Crippen molar-refractivity contribution in [3.05, 3.63) is 69.3 Å². The van der Waals surface area contributed by atoms with Crippen molar-refractivity contribution in [2.75, 3.05) is 0 Å². The maximum atomic E-state index is 6.78. The average Bonchev–Trinajstić information content (AvgIpc) is 2.45. The number of benzene rings is 2. The quantitative estimate of drug-likeness (QED) is 0.625. The molecule has 0 aromatic heterocycles. The van der Waals surface area contributed by atoms with Gasteiger partial charge in [0.2, 0.25) is 0 Å². The van der Waals surface area contributed by atoms with Crippen molar-refractivity contribution >= 4 is 11.6 Å². The minimum absolute atomic E-state index is 0.0699. The predicted molar refractivity (Wildman–Crippen MR) is 88.9 cm³/mol. The maximum absolute atomic E-state index is 6.78. The second kappa shape index (κ2) is 6.01. The van der Waals surface area contributed by atoms with Gasteiger partial charge in [-0.1, -0.05) is 37.3 Å². The molecule has 2 aromatic rings. The third-order valence-electron chi connectivity index (χ3n) is 4.36. The molecule has 0 aliphatic rings. The predicted octanol–water partition coefficient (Wildman–Crippen LogP) is 5.81. The number of hydrogen-bond acceptors (Lipinski definition) is 0. The fraction of sp³-hybridized carbons (Fsp3) is 0.368. The molecule has 1 atom stereocenters. The summed E-state index contributed by atoms with van der Waals surface area (Å²) < 4.78 is 0. The molecule has 0 N–H and O–H groups in total. The molecule has 0 aliphatic carbocycles. The lowest BCUT2D eigenvalue weighted by Gasteiger charge is -2.20. The van der Waals surface area contributed by atoms with Crippen LogP contribution in [0, 0.1) is 27.7 Å². The van der Waals surface area contributed by atoms with Crippen LogP contribution in [0.15, 0.2) is 30.3 Å². The maximum Gasteiger partial charge on any atom is 0.0840 e. The third-order valence-corrected chi connectivity index (χ3v) is 4.83. The number of halogens is 1. The van der Waals surface area contributed by atoms with Crippen LogP contribution in [0.4, 0.5) is 0 Å². The molecule has 0 fully saturated rings. The summed E-state index contributed by atoms with van der Waals surface area (Å²) in [6, 6.07) is 10.9. The summed E-state index contributed by atoms with van der Waals surface area (Å²) in [6.07, 6.45) is 1.06. The zero-order valence-electron chi connectivity index (χ0n) is 13.0. The summed E-state index contributed by atoms with van der Waals surface area (Å²) in [7, 11) is 0. The SMILES string of the molecule is CCc1ccc(C(Cl)c2c(C)c(C)cc(C)c2C)cc1. The van der Waals surface area contributed by atoms with Gasteiger partial charge in [0.05, 0.1) is 5.38 Å². The van der Waals surface area contributed by atoms with Gasteiger partial charge < -0.3 is 0 Å². The Hall–Kier alpha value is -1.27. The highest BCUT2D eigenvalue weighted by Gasteiger charge is 2.18. The number of aryl methyl sites for hydroxylation is 3. The fourth-order valence-corrected chi connectivity index (χ4v) is 3.19. The first kappa shape index (κ1) is 15.1. The Morgan fingerprint density at radius 3 is 1.85 bits per heavy atom. The molecule has 1 unspecified atom stereocenters. The van der Waals surface area contributed by atoms with Crippen LogP contribution in [0.2, 0.25) is 0 Å². The molecule has 106 valence electrons. The highest BCUT2D eigenvalue weighted by molar-refractivity contribution is 6.22. The van der Waals surface area contributed by atoms with E-state index in [4.69, 9.17) is 11.6 Å². The normalized spacial score (nSPS) is 12.5. The topological polar surface area (TPSA) is 0 Å².